The van der Waals surface area contributed by atoms with Gasteiger partial charge in [0.2, 0.25) is 10.0 Å². The zero-order chi connectivity index (χ0) is 16.1. The fraction of sp³-hybridized carbons (Fsp3) is 0.600. The lowest BCUT2D eigenvalue weighted by Gasteiger charge is -2.24. The van der Waals surface area contributed by atoms with Gasteiger partial charge in [0.1, 0.15) is 0 Å². The molecule has 0 heterocycles. The molecule has 0 saturated carbocycles. The van der Waals surface area contributed by atoms with E-state index in [1.165, 1.54) is 0 Å². The first kappa shape index (κ1) is 18.1. The van der Waals surface area contributed by atoms with Crippen molar-refractivity contribution in [1.82, 2.24) is 4.72 Å². The summed E-state index contributed by atoms with van der Waals surface area (Å²) < 4.78 is 32.5. The number of nitrogens with two attached hydrogens (primary N) is 1. The fourth-order valence-corrected chi connectivity index (χ4v) is 3.44. The molecule has 0 atom stereocenters. The first-order valence-electron chi connectivity index (χ1n) is 7.00. The van der Waals surface area contributed by atoms with Crippen LogP contribution in [0, 0.1) is 12.3 Å². The molecular weight excluding hydrogens is 288 g/mol. The minimum atomic E-state index is -3.51. The molecule has 3 N–H and O–H groups in total. The third-order valence-electron chi connectivity index (χ3n) is 3.49. The topological polar surface area (TPSA) is 81.4 Å². The minimum Gasteiger partial charge on any atom is -0.385 e. The summed E-state index contributed by atoms with van der Waals surface area (Å²) in [6.45, 7) is 7.19. The van der Waals surface area contributed by atoms with E-state index in [2.05, 4.69) is 4.72 Å². The van der Waals surface area contributed by atoms with E-state index < -0.39 is 10.0 Å². The van der Waals surface area contributed by atoms with Crippen LogP contribution < -0.4 is 10.5 Å². The van der Waals surface area contributed by atoms with Gasteiger partial charge in [-0.25, -0.2) is 13.1 Å². The third-order valence-corrected chi connectivity index (χ3v) is 5.05. The first-order valence-corrected chi connectivity index (χ1v) is 8.48. The minimum absolute atomic E-state index is 0.159. The molecule has 0 fully saturated rings. The van der Waals surface area contributed by atoms with Gasteiger partial charge in [0.05, 0.1) is 4.90 Å². The van der Waals surface area contributed by atoms with Crippen LogP contribution in [-0.2, 0) is 21.3 Å². The van der Waals surface area contributed by atoms with E-state index in [4.69, 9.17) is 10.5 Å². The van der Waals surface area contributed by atoms with Crippen molar-refractivity contribution >= 4 is 10.0 Å². The number of aryl methyl sites for hydroxylation is 1. The number of methoxy groups -OCH3 is 1. The zero-order valence-electron chi connectivity index (χ0n) is 13.3. The Labute approximate surface area is 127 Å². The quantitative estimate of drug-likeness (QED) is 0.766. The first-order chi connectivity index (χ1) is 9.72. The summed E-state index contributed by atoms with van der Waals surface area (Å²) in [5.74, 6) is 0. The Morgan fingerprint density at radius 1 is 1.33 bits per heavy atom. The summed E-state index contributed by atoms with van der Waals surface area (Å²) in [5.41, 5.74) is 7.04. The molecule has 0 amide bonds. The van der Waals surface area contributed by atoms with Crippen molar-refractivity contribution < 1.29 is 13.2 Å². The van der Waals surface area contributed by atoms with Crippen LogP contribution in [0.25, 0.3) is 0 Å². The third kappa shape index (κ3) is 5.39. The molecule has 0 aliphatic rings. The lowest BCUT2D eigenvalue weighted by Crippen LogP contribution is -2.35. The number of sulfonamides is 1. The van der Waals surface area contributed by atoms with Crippen LogP contribution in [0.15, 0.2) is 23.1 Å². The number of nitrogens with one attached hydrogen (secondary N) is 1. The number of hydrogen-bond acceptors (Lipinski definition) is 4. The van der Waals surface area contributed by atoms with Gasteiger partial charge in [0.25, 0.3) is 0 Å². The van der Waals surface area contributed by atoms with E-state index in [0.717, 1.165) is 12.0 Å². The van der Waals surface area contributed by atoms with Gasteiger partial charge in [0, 0.05) is 26.8 Å². The van der Waals surface area contributed by atoms with E-state index in [1.54, 1.807) is 26.2 Å². The SMILES string of the molecule is COCCC(C)(C)CNS(=O)(=O)c1ccc(CN)cc1C. The van der Waals surface area contributed by atoms with Crippen LogP contribution in [0.2, 0.25) is 0 Å². The van der Waals surface area contributed by atoms with E-state index in [0.29, 0.717) is 30.2 Å². The molecular formula is C15H26N2O3S. The van der Waals surface area contributed by atoms with Crippen LogP contribution in [-0.4, -0.2) is 28.7 Å². The Balaban J connectivity index is 2.82. The maximum atomic E-state index is 12.4. The summed E-state index contributed by atoms with van der Waals surface area (Å²) in [6, 6.07) is 5.17. The number of benzene rings is 1. The summed E-state index contributed by atoms with van der Waals surface area (Å²) >= 11 is 0. The molecule has 21 heavy (non-hydrogen) atoms. The zero-order valence-corrected chi connectivity index (χ0v) is 14.1. The molecule has 1 aromatic carbocycles. The van der Waals surface area contributed by atoms with Gasteiger partial charge in [-0.2, -0.15) is 0 Å². The van der Waals surface area contributed by atoms with Crippen molar-refractivity contribution in [2.45, 2.75) is 38.6 Å². The van der Waals surface area contributed by atoms with Crippen LogP contribution in [0.3, 0.4) is 0 Å². The van der Waals surface area contributed by atoms with Crippen molar-refractivity contribution in [2.75, 3.05) is 20.3 Å². The fourth-order valence-electron chi connectivity index (χ4n) is 1.97. The summed E-state index contributed by atoms with van der Waals surface area (Å²) in [4.78, 5) is 0.308. The van der Waals surface area contributed by atoms with E-state index >= 15 is 0 Å². The molecule has 0 aliphatic heterocycles. The molecule has 0 aliphatic carbocycles. The monoisotopic (exact) mass is 314 g/mol. The van der Waals surface area contributed by atoms with Gasteiger partial charge in [-0.15, -0.1) is 0 Å². The number of rotatable bonds is 8. The average Bonchev–Trinajstić information content (AvgIpc) is 2.43. The summed E-state index contributed by atoms with van der Waals surface area (Å²) in [6.07, 6.45) is 0.789. The second-order valence-electron chi connectivity index (χ2n) is 6.04. The lowest BCUT2D eigenvalue weighted by molar-refractivity contribution is 0.153. The second-order valence-corrected chi connectivity index (χ2v) is 7.77. The molecule has 0 bridgehead atoms. The van der Waals surface area contributed by atoms with Crippen LogP contribution in [0.1, 0.15) is 31.4 Å². The molecule has 6 heteroatoms. The van der Waals surface area contributed by atoms with Crippen LogP contribution >= 0.6 is 0 Å². The summed E-state index contributed by atoms with van der Waals surface area (Å²) in [7, 11) is -1.86. The maximum Gasteiger partial charge on any atom is 0.240 e. The maximum absolute atomic E-state index is 12.4. The lowest BCUT2D eigenvalue weighted by atomic mass is 9.90. The standard InChI is InChI=1S/C15H26N2O3S/c1-12-9-13(10-16)5-6-14(12)21(18,19)17-11-15(2,3)7-8-20-4/h5-6,9,17H,7-8,10-11,16H2,1-4H3. The van der Waals surface area contributed by atoms with Gasteiger partial charge < -0.3 is 10.5 Å². The van der Waals surface area contributed by atoms with Gasteiger partial charge >= 0.3 is 0 Å². The van der Waals surface area contributed by atoms with Gasteiger partial charge in [-0.1, -0.05) is 26.0 Å². The van der Waals surface area contributed by atoms with Crippen molar-refractivity contribution in [3.8, 4) is 0 Å². The molecule has 1 rings (SSSR count). The Morgan fingerprint density at radius 2 is 2.00 bits per heavy atom. The highest BCUT2D eigenvalue weighted by Gasteiger charge is 2.23. The highest BCUT2D eigenvalue weighted by Crippen LogP contribution is 2.21. The molecule has 0 radical (unpaired) electrons. The molecule has 120 valence electrons. The largest absolute Gasteiger partial charge is 0.385 e. The Bertz CT molecular complexity index is 568. The Kier molecular flexibility index (Phi) is 6.34. The molecule has 0 unspecified atom stereocenters. The molecule has 0 aromatic heterocycles. The van der Waals surface area contributed by atoms with Crippen LogP contribution in [0.5, 0.6) is 0 Å². The van der Waals surface area contributed by atoms with Gasteiger partial charge in [-0.3, -0.25) is 0 Å². The number of hydrogen-bond donors (Lipinski definition) is 2. The van der Waals surface area contributed by atoms with E-state index in [1.807, 2.05) is 19.9 Å². The van der Waals surface area contributed by atoms with Gasteiger partial charge in [0.15, 0.2) is 0 Å². The van der Waals surface area contributed by atoms with Crippen LogP contribution in [0.4, 0.5) is 0 Å². The molecule has 0 spiro atoms. The van der Waals surface area contributed by atoms with Crippen molar-refractivity contribution in [3.05, 3.63) is 29.3 Å². The Hall–Kier alpha value is -0.950. The Morgan fingerprint density at radius 3 is 2.52 bits per heavy atom. The predicted molar refractivity (Wildman–Crippen MR) is 84.5 cm³/mol. The predicted octanol–water partition coefficient (Wildman–Crippen LogP) is 1.79. The molecule has 1 aromatic rings. The van der Waals surface area contributed by atoms with Crippen molar-refractivity contribution in [1.29, 1.82) is 0 Å². The molecule has 5 nitrogen and oxygen atoms in total. The average molecular weight is 314 g/mol. The van der Waals surface area contributed by atoms with E-state index in [-0.39, 0.29) is 5.41 Å². The van der Waals surface area contributed by atoms with Crippen molar-refractivity contribution in [2.24, 2.45) is 11.1 Å². The second kappa shape index (κ2) is 7.35. The van der Waals surface area contributed by atoms with E-state index in [9.17, 15) is 8.42 Å². The molecule has 0 saturated heterocycles. The highest BCUT2D eigenvalue weighted by molar-refractivity contribution is 7.89. The summed E-state index contributed by atoms with van der Waals surface area (Å²) in [5, 5.41) is 0. The normalized spacial score (nSPS) is 12.6. The number of ether oxygens (including phenoxy) is 1. The van der Waals surface area contributed by atoms with Gasteiger partial charge in [-0.05, 0) is 36.0 Å². The van der Waals surface area contributed by atoms with Crippen molar-refractivity contribution in [3.63, 3.8) is 0 Å². The smallest absolute Gasteiger partial charge is 0.240 e. The highest BCUT2D eigenvalue weighted by atomic mass is 32.2.